The predicted molar refractivity (Wildman–Crippen MR) is 101 cm³/mol. The van der Waals surface area contributed by atoms with Gasteiger partial charge in [0.15, 0.2) is 0 Å². The summed E-state index contributed by atoms with van der Waals surface area (Å²) >= 11 is 3.34. The Balaban J connectivity index is 1.62. The molecule has 2 aromatic carbocycles. The van der Waals surface area contributed by atoms with E-state index in [0.29, 0.717) is 5.69 Å². The molecule has 2 aromatic rings. The third-order valence-corrected chi connectivity index (χ3v) is 4.66. The van der Waals surface area contributed by atoms with E-state index in [1.54, 1.807) is 12.1 Å². The van der Waals surface area contributed by atoms with Gasteiger partial charge in [0.2, 0.25) is 5.91 Å². The van der Waals surface area contributed by atoms with Gasteiger partial charge in [-0.25, -0.2) is 4.79 Å². The molecule has 1 fully saturated rings. The smallest absolute Gasteiger partial charge is 0.410 e. The lowest BCUT2D eigenvalue weighted by Crippen LogP contribution is -2.43. The van der Waals surface area contributed by atoms with E-state index < -0.39 is 18.2 Å². The van der Waals surface area contributed by atoms with Gasteiger partial charge in [-0.1, -0.05) is 46.3 Å². The molecule has 7 heteroatoms. The Kier molecular flexibility index (Phi) is 5.90. The Labute approximate surface area is 159 Å². The number of benzene rings is 2. The van der Waals surface area contributed by atoms with Gasteiger partial charge in [-0.05, 0) is 29.8 Å². The molecule has 1 aliphatic heterocycles. The van der Waals surface area contributed by atoms with E-state index >= 15 is 0 Å². The van der Waals surface area contributed by atoms with E-state index in [0.717, 1.165) is 10.0 Å². The Hall–Kier alpha value is -2.38. The summed E-state index contributed by atoms with van der Waals surface area (Å²) in [4.78, 5) is 26.2. The normalized spacial score (nSPS) is 19.2. The summed E-state index contributed by atoms with van der Waals surface area (Å²) in [5.41, 5.74) is 1.48. The number of nitrogens with zero attached hydrogens (tertiary/aromatic N) is 1. The Bertz CT molecular complexity index is 767. The van der Waals surface area contributed by atoms with Gasteiger partial charge in [-0.2, -0.15) is 0 Å². The van der Waals surface area contributed by atoms with Crippen molar-refractivity contribution in [3.8, 4) is 0 Å². The summed E-state index contributed by atoms with van der Waals surface area (Å²) in [6.07, 6.45) is -1.18. The third kappa shape index (κ3) is 4.62. The number of amides is 2. The molecular formula is C19H19BrN2O4. The first kappa shape index (κ1) is 18.4. The maximum Gasteiger partial charge on any atom is 0.410 e. The molecule has 0 aliphatic carbocycles. The molecule has 1 heterocycles. The van der Waals surface area contributed by atoms with Gasteiger partial charge in [0, 0.05) is 16.6 Å². The zero-order valence-corrected chi connectivity index (χ0v) is 15.6. The number of aliphatic hydroxyl groups excluding tert-OH is 1. The summed E-state index contributed by atoms with van der Waals surface area (Å²) in [5, 5.41) is 12.7. The SMILES string of the molecule is O=C(Nc1ccc(Br)cc1)[C@H]1C[C@@H](O)CN1C(=O)OCc1ccccc1. The van der Waals surface area contributed by atoms with Gasteiger partial charge in [0.05, 0.1) is 12.6 Å². The molecule has 136 valence electrons. The van der Waals surface area contributed by atoms with Crippen LogP contribution in [0, 0.1) is 0 Å². The van der Waals surface area contributed by atoms with Crippen molar-refractivity contribution in [2.75, 3.05) is 11.9 Å². The average Bonchev–Trinajstić information content (AvgIpc) is 3.04. The molecule has 3 rings (SSSR count). The third-order valence-electron chi connectivity index (χ3n) is 4.13. The number of halogens is 1. The first-order chi connectivity index (χ1) is 12.5. The number of carbonyl (C=O) groups is 2. The van der Waals surface area contributed by atoms with Crippen molar-refractivity contribution in [1.82, 2.24) is 4.90 Å². The summed E-state index contributed by atoms with van der Waals surface area (Å²) in [5.74, 6) is -0.347. The van der Waals surface area contributed by atoms with Crippen LogP contribution in [-0.4, -0.2) is 40.7 Å². The van der Waals surface area contributed by atoms with E-state index in [1.165, 1.54) is 4.90 Å². The highest BCUT2D eigenvalue weighted by Gasteiger charge is 2.39. The highest BCUT2D eigenvalue weighted by Crippen LogP contribution is 2.22. The van der Waals surface area contributed by atoms with Gasteiger partial charge < -0.3 is 15.2 Å². The molecule has 1 aliphatic rings. The minimum atomic E-state index is -0.767. The molecular weight excluding hydrogens is 400 g/mol. The molecule has 0 saturated carbocycles. The van der Waals surface area contributed by atoms with Crippen LogP contribution in [0.5, 0.6) is 0 Å². The highest BCUT2D eigenvalue weighted by molar-refractivity contribution is 9.10. The second-order valence-corrected chi connectivity index (χ2v) is 7.01. The molecule has 2 N–H and O–H groups in total. The minimum absolute atomic E-state index is 0.0754. The fraction of sp³-hybridized carbons (Fsp3) is 0.263. The standard InChI is InChI=1S/C19H19BrN2O4/c20-14-6-8-15(9-7-14)21-18(24)17-10-16(23)11-22(17)19(25)26-12-13-4-2-1-3-5-13/h1-9,16-17,23H,10-12H2,(H,21,24)/t16-,17-/m1/s1. The topological polar surface area (TPSA) is 78.9 Å². The second-order valence-electron chi connectivity index (χ2n) is 6.09. The number of anilines is 1. The summed E-state index contributed by atoms with van der Waals surface area (Å²) in [6, 6.07) is 15.7. The summed E-state index contributed by atoms with van der Waals surface area (Å²) < 4.78 is 6.20. The van der Waals surface area contributed by atoms with Crippen molar-refractivity contribution in [2.45, 2.75) is 25.2 Å². The van der Waals surface area contributed by atoms with E-state index in [2.05, 4.69) is 21.2 Å². The van der Waals surface area contributed by atoms with E-state index in [1.807, 2.05) is 42.5 Å². The highest BCUT2D eigenvalue weighted by atomic mass is 79.9. The maximum atomic E-state index is 12.6. The number of aliphatic hydroxyl groups is 1. The number of ether oxygens (including phenoxy) is 1. The van der Waals surface area contributed by atoms with Gasteiger partial charge in [0.1, 0.15) is 12.6 Å². The van der Waals surface area contributed by atoms with Crippen molar-refractivity contribution in [1.29, 1.82) is 0 Å². The zero-order valence-electron chi connectivity index (χ0n) is 14.0. The van der Waals surface area contributed by atoms with Crippen LogP contribution in [0.25, 0.3) is 0 Å². The fourth-order valence-electron chi connectivity index (χ4n) is 2.83. The van der Waals surface area contributed by atoms with Crippen molar-refractivity contribution >= 4 is 33.6 Å². The summed E-state index contributed by atoms with van der Waals surface area (Å²) in [7, 11) is 0. The first-order valence-corrected chi connectivity index (χ1v) is 9.04. The van der Waals surface area contributed by atoms with Crippen molar-refractivity contribution in [2.24, 2.45) is 0 Å². The second kappa shape index (κ2) is 8.33. The van der Waals surface area contributed by atoms with Gasteiger partial charge in [-0.15, -0.1) is 0 Å². The number of carbonyl (C=O) groups excluding carboxylic acids is 2. The molecule has 0 spiro atoms. The van der Waals surface area contributed by atoms with E-state index in [-0.39, 0.29) is 25.5 Å². The quantitative estimate of drug-likeness (QED) is 0.798. The molecule has 2 atom stereocenters. The maximum absolute atomic E-state index is 12.6. The lowest BCUT2D eigenvalue weighted by Gasteiger charge is -2.23. The Morgan fingerprint density at radius 2 is 1.85 bits per heavy atom. The molecule has 6 nitrogen and oxygen atoms in total. The zero-order chi connectivity index (χ0) is 18.5. The van der Waals surface area contributed by atoms with Gasteiger partial charge >= 0.3 is 6.09 Å². The van der Waals surface area contributed by atoms with Crippen LogP contribution < -0.4 is 5.32 Å². The number of hydrogen-bond donors (Lipinski definition) is 2. The Morgan fingerprint density at radius 1 is 1.15 bits per heavy atom. The lowest BCUT2D eigenvalue weighted by molar-refractivity contribution is -0.120. The summed E-state index contributed by atoms with van der Waals surface area (Å²) in [6.45, 7) is 0.194. The van der Waals surface area contributed by atoms with Crippen LogP contribution in [-0.2, 0) is 16.1 Å². The average molecular weight is 419 g/mol. The predicted octanol–water partition coefficient (Wildman–Crippen LogP) is 3.16. The molecule has 1 saturated heterocycles. The number of hydrogen-bond acceptors (Lipinski definition) is 4. The van der Waals surface area contributed by atoms with Crippen LogP contribution in [0.3, 0.4) is 0 Å². The van der Waals surface area contributed by atoms with Crippen molar-refractivity contribution < 1.29 is 19.4 Å². The van der Waals surface area contributed by atoms with Crippen molar-refractivity contribution in [3.05, 3.63) is 64.6 Å². The van der Waals surface area contributed by atoms with Gasteiger partial charge in [0.25, 0.3) is 0 Å². The van der Waals surface area contributed by atoms with Crippen LogP contribution >= 0.6 is 15.9 Å². The molecule has 0 radical (unpaired) electrons. The van der Waals surface area contributed by atoms with Crippen LogP contribution in [0.2, 0.25) is 0 Å². The van der Waals surface area contributed by atoms with E-state index in [4.69, 9.17) is 4.74 Å². The lowest BCUT2D eigenvalue weighted by atomic mass is 10.2. The molecule has 0 unspecified atom stereocenters. The molecule has 0 bridgehead atoms. The van der Waals surface area contributed by atoms with Crippen molar-refractivity contribution in [3.63, 3.8) is 0 Å². The fourth-order valence-corrected chi connectivity index (χ4v) is 3.09. The largest absolute Gasteiger partial charge is 0.445 e. The monoisotopic (exact) mass is 418 g/mol. The minimum Gasteiger partial charge on any atom is -0.445 e. The first-order valence-electron chi connectivity index (χ1n) is 8.25. The van der Waals surface area contributed by atoms with E-state index in [9.17, 15) is 14.7 Å². The number of nitrogens with one attached hydrogen (secondary N) is 1. The van der Waals surface area contributed by atoms with Gasteiger partial charge in [-0.3, -0.25) is 9.69 Å². The number of likely N-dealkylation sites (tertiary alicyclic amines) is 1. The number of β-amino-alcohol motifs (C(OH)–C–C–N with tert-alkyl or cyclic N) is 1. The molecule has 2 amide bonds. The Morgan fingerprint density at radius 3 is 2.54 bits per heavy atom. The van der Waals surface area contributed by atoms with Crippen LogP contribution in [0.4, 0.5) is 10.5 Å². The molecule has 26 heavy (non-hydrogen) atoms. The number of rotatable bonds is 4. The molecule has 0 aromatic heterocycles. The van der Waals surface area contributed by atoms with Crippen LogP contribution in [0.15, 0.2) is 59.1 Å². The van der Waals surface area contributed by atoms with Crippen LogP contribution in [0.1, 0.15) is 12.0 Å².